The van der Waals surface area contributed by atoms with Crippen LogP contribution < -0.4 is 5.73 Å². The lowest BCUT2D eigenvalue weighted by Crippen LogP contribution is -1.88. The van der Waals surface area contributed by atoms with Gasteiger partial charge in [0.1, 0.15) is 21.3 Å². The molecular formula is C10H7N3S2. The minimum atomic E-state index is 0.388. The van der Waals surface area contributed by atoms with Gasteiger partial charge in [-0.15, -0.1) is 0 Å². The second-order valence-corrected chi connectivity index (χ2v) is 4.25. The summed E-state index contributed by atoms with van der Waals surface area (Å²) in [6.45, 7) is 0. The average molecular weight is 233 g/mol. The van der Waals surface area contributed by atoms with E-state index in [-0.39, 0.29) is 0 Å². The molecule has 0 amide bonds. The van der Waals surface area contributed by atoms with Crippen molar-refractivity contribution in [3.63, 3.8) is 0 Å². The van der Waals surface area contributed by atoms with Crippen LogP contribution in [0, 0.1) is 16.0 Å². The monoisotopic (exact) mass is 233 g/mol. The van der Waals surface area contributed by atoms with Gasteiger partial charge in [0, 0.05) is 0 Å². The minimum Gasteiger partial charge on any atom is -0.388 e. The zero-order valence-electron chi connectivity index (χ0n) is 7.68. The molecule has 0 aliphatic rings. The maximum absolute atomic E-state index is 8.86. The van der Waals surface area contributed by atoms with Crippen molar-refractivity contribution in [2.45, 2.75) is 0 Å². The van der Waals surface area contributed by atoms with E-state index in [1.54, 1.807) is 3.96 Å². The number of hydrogen-bond acceptors (Lipinski definition) is 4. The van der Waals surface area contributed by atoms with E-state index in [0.717, 1.165) is 5.69 Å². The van der Waals surface area contributed by atoms with Crippen LogP contribution in [-0.4, -0.2) is 3.96 Å². The second kappa shape index (κ2) is 3.85. The smallest absolute Gasteiger partial charge is 0.140 e. The van der Waals surface area contributed by atoms with Gasteiger partial charge in [-0.05, 0) is 23.7 Å². The first kappa shape index (κ1) is 9.90. The third-order valence-corrected chi connectivity index (χ3v) is 3.42. The van der Waals surface area contributed by atoms with Crippen LogP contribution in [0.25, 0.3) is 5.69 Å². The number of rotatable bonds is 1. The lowest BCUT2D eigenvalue weighted by molar-refractivity contribution is 1.17. The van der Waals surface area contributed by atoms with Crippen LogP contribution in [0.5, 0.6) is 0 Å². The Kier molecular flexibility index (Phi) is 2.54. The van der Waals surface area contributed by atoms with Gasteiger partial charge in [-0.1, -0.05) is 30.4 Å². The number of anilines is 1. The first-order valence-electron chi connectivity index (χ1n) is 4.21. The lowest BCUT2D eigenvalue weighted by Gasteiger charge is -1.98. The number of para-hydroxylation sites is 1. The van der Waals surface area contributed by atoms with Crippen molar-refractivity contribution in [1.29, 1.82) is 5.26 Å². The van der Waals surface area contributed by atoms with E-state index in [0.29, 0.717) is 15.2 Å². The van der Waals surface area contributed by atoms with Crippen LogP contribution in [-0.2, 0) is 0 Å². The molecule has 0 bridgehead atoms. The quantitative estimate of drug-likeness (QED) is 0.770. The molecule has 2 aromatic rings. The van der Waals surface area contributed by atoms with Crippen LogP contribution in [0.2, 0.25) is 0 Å². The summed E-state index contributed by atoms with van der Waals surface area (Å²) in [4.78, 5) is 0. The van der Waals surface area contributed by atoms with E-state index in [9.17, 15) is 0 Å². The van der Waals surface area contributed by atoms with Gasteiger partial charge in [0.05, 0.1) is 5.69 Å². The Morgan fingerprint density at radius 2 is 2.00 bits per heavy atom. The van der Waals surface area contributed by atoms with Crippen LogP contribution in [0.1, 0.15) is 5.56 Å². The topological polar surface area (TPSA) is 54.7 Å². The van der Waals surface area contributed by atoms with E-state index in [4.69, 9.17) is 23.2 Å². The summed E-state index contributed by atoms with van der Waals surface area (Å²) in [5.74, 6) is 0. The summed E-state index contributed by atoms with van der Waals surface area (Å²) in [5.41, 5.74) is 7.02. The van der Waals surface area contributed by atoms with Crippen molar-refractivity contribution in [2.24, 2.45) is 0 Å². The SMILES string of the molecule is N#Cc1c(N)sn(-c2ccccc2)c1=S. The fourth-order valence-corrected chi connectivity index (χ4v) is 2.50. The van der Waals surface area contributed by atoms with E-state index >= 15 is 0 Å². The van der Waals surface area contributed by atoms with Gasteiger partial charge in [-0.25, -0.2) is 0 Å². The maximum Gasteiger partial charge on any atom is 0.140 e. The number of aromatic nitrogens is 1. The minimum absolute atomic E-state index is 0.388. The molecule has 0 radical (unpaired) electrons. The van der Waals surface area contributed by atoms with Crippen molar-refractivity contribution < 1.29 is 0 Å². The highest BCUT2D eigenvalue weighted by Gasteiger charge is 2.09. The Balaban J connectivity index is 2.67. The Hall–Kier alpha value is -1.64. The molecule has 2 N–H and O–H groups in total. The number of benzene rings is 1. The van der Waals surface area contributed by atoms with Gasteiger partial charge in [0.25, 0.3) is 0 Å². The highest BCUT2D eigenvalue weighted by molar-refractivity contribution is 7.71. The predicted molar refractivity (Wildman–Crippen MR) is 63.6 cm³/mol. The molecule has 74 valence electrons. The van der Waals surface area contributed by atoms with Crippen molar-refractivity contribution in [3.05, 3.63) is 40.5 Å². The van der Waals surface area contributed by atoms with Crippen LogP contribution in [0.3, 0.4) is 0 Å². The van der Waals surface area contributed by atoms with Gasteiger partial charge in [0.2, 0.25) is 0 Å². The molecule has 0 atom stereocenters. The molecule has 1 heterocycles. The summed E-state index contributed by atoms with van der Waals surface area (Å²) < 4.78 is 2.26. The number of hydrogen-bond donors (Lipinski definition) is 1. The first-order valence-corrected chi connectivity index (χ1v) is 5.39. The summed E-state index contributed by atoms with van der Waals surface area (Å²) in [6, 6.07) is 11.6. The van der Waals surface area contributed by atoms with Crippen LogP contribution in [0.15, 0.2) is 30.3 Å². The largest absolute Gasteiger partial charge is 0.388 e. The normalized spacial score (nSPS) is 9.80. The van der Waals surface area contributed by atoms with E-state index in [2.05, 4.69) is 0 Å². The third-order valence-electron chi connectivity index (χ3n) is 1.94. The fourth-order valence-electron chi connectivity index (χ4n) is 1.23. The summed E-state index contributed by atoms with van der Waals surface area (Å²) in [5, 5.41) is 9.32. The molecule has 1 aromatic heterocycles. The molecule has 3 nitrogen and oxygen atoms in total. The molecule has 0 saturated carbocycles. The fraction of sp³-hybridized carbons (Fsp3) is 0. The van der Waals surface area contributed by atoms with Crippen LogP contribution >= 0.6 is 23.8 Å². The molecule has 15 heavy (non-hydrogen) atoms. The standard InChI is InChI=1S/C10H7N3S2/c11-6-8-9(12)15-13(10(8)14)7-4-2-1-3-5-7/h1-5H,12H2. The number of nitrogen functional groups attached to an aromatic ring is 1. The van der Waals surface area contributed by atoms with Crippen molar-refractivity contribution in [1.82, 2.24) is 3.96 Å². The molecular weight excluding hydrogens is 226 g/mol. The molecule has 0 unspecified atom stereocenters. The number of nitrogens with zero attached hydrogens (tertiary/aromatic N) is 2. The molecule has 5 heteroatoms. The van der Waals surface area contributed by atoms with Gasteiger partial charge in [-0.3, -0.25) is 3.96 Å². The summed E-state index contributed by atoms with van der Waals surface area (Å²) in [6.07, 6.45) is 0. The van der Waals surface area contributed by atoms with Gasteiger partial charge in [-0.2, -0.15) is 5.26 Å². The zero-order chi connectivity index (χ0) is 10.8. The molecule has 0 saturated heterocycles. The Morgan fingerprint density at radius 1 is 1.33 bits per heavy atom. The molecule has 0 aliphatic heterocycles. The summed E-state index contributed by atoms with van der Waals surface area (Å²) >= 11 is 6.45. The highest BCUT2D eigenvalue weighted by atomic mass is 32.1. The Labute approximate surface area is 96.2 Å². The van der Waals surface area contributed by atoms with Crippen LogP contribution in [0.4, 0.5) is 5.00 Å². The zero-order valence-corrected chi connectivity index (χ0v) is 9.31. The van der Waals surface area contributed by atoms with Crippen molar-refractivity contribution in [2.75, 3.05) is 5.73 Å². The molecule has 0 spiro atoms. The molecule has 1 aromatic carbocycles. The second-order valence-electron chi connectivity index (χ2n) is 2.88. The van der Waals surface area contributed by atoms with Gasteiger partial charge < -0.3 is 5.73 Å². The Morgan fingerprint density at radius 3 is 2.53 bits per heavy atom. The van der Waals surface area contributed by atoms with Crippen molar-refractivity contribution in [3.8, 4) is 11.8 Å². The van der Waals surface area contributed by atoms with E-state index in [1.165, 1.54) is 11.5 Å². The third kappa shape index (κ3) is 1.65. The maximum atomic E-state index is 8.86. The van der Waals surface area contributed by atoms with E-state index in [1.807, 2.05) is 36.4 Å². The first-order chi connectivity index (χ1) is 7.24. The van der Waals surface area contributed by atoms with E-state index < -0.39 is 0 Å². The number of nitrogens with two attached hydrogens (primary N) is 1. The highest BCUT2D eigenvalue weighted by Crippen LogP contribution is 2.24. The number of nitriles is 1. The predicted octanol–water partition coefficient (Wildman–Crippen LogP) is 2.72. The average Bonchev–Trinajstić information content (AvgIpc) is 2.55. The van der Waals surface area contributed by atoms with Gasteiger partial charge in [0.15, 0.2) is 0 Å². The van der Waals surface area contributed by atoms with Crippen molar-refractivity contribution >= 4 is 28.8 Å². The Bertz CT molecular complexity index is 575. The van der Waals surface area contributed by atoms with Gasteiger partial charge >= 0.3 is 0 Å². The molecule has 0 aliphatic carbocycles. The molecule has 2 rings (SSSR count). The lowest BCUT2D eigenvalue weighted by atomic mass is 10.3. The summed E-state index contributed by atoms with van der Waals surface area (Å²) in [7, 11) is 0. The molecule has 0 fully saturated rings.